The lowest BCUT2D eigenvalue weighted by molar-refractivity contribution is -0.136. The predicted octanol–water partition coefficient (Wildman–Crippen LogP) is 3.13. The van der Waals surface area contributed by atoms with E-state index in [4.69, 9.17) is 10.5 Å². The van der Waals surface area contributed by atoms with Crippen LogP contribution in [0.3, 0.4) is 0 Å². The van der Waals surface area contributed by atoms with Crippen LogP contribution in [-0.4, -0.2) is 11.5 Å². The van der Waals surface area contributed by atoms with Crippen molar-refractivity contribution in [1.82, 2.24) is 0 Å². The van der Waals surface area contributed by atoms with Gasteiger partial charge in [0.2, 0.25) is 0 Å². The minimum absolute atomic E-state index is 0.310. The molecule has 1 aromatic carbocycles. The summed E-state index contributed by atoms with van der Waals surface area (Å²) < 4.78 is 6.10. The second kappa shape index (κ2) is 5.47. The first kappa shape index (κ1) is 13.5. The monoisotopic (exact) mass is 273 g/mol. The van der Waals surface area contributed by atoms with Gasteiger partial charge in [-0.2, -0.15) is 0 Å². The van der Waals surface area contributed by atoms with Gasteiger partial charge in [0.1, 0.15) is 5.75 Å². The van der Waals surface area contributed by atoms with E-state index >= 15 is 0 Å². The number of hydrogen-bond acceptors (Lipinski definition) is 2. The lowest BCUT2D eigenvalue weighted by Gasteiger charge is -2.35. The van der Waals surface area contributed by atoms with Crippen molar-refractivity contribution in [3.05, 3.63) is 29.3 Å². The Kier molecular flexibility index (Phi) is 3.68. The summed E-state index contributed by atoms with van der Waals surface area (Å²) in [6, 6.07) is 6.28. The summed E-state index contributed by atoms with van der Waals surface area (Å²) in [7, 11) is 0. The molecule has 0 saturated heterocycles. The standard InChI is InChI=1S/C17H23NO2/c18-16(19)17(10-4-1-5-11-17)20-15-9-8-13-6-2-3-7-14(13)12-15/h8-9,12H,1-7,10-11H2,(H2,18,19). The summed E-state index contributed by atoms with van der Waals surface area (Å²) in [5, 5.41) is 0. The summed E-state index contributed by atoms with van der Waals surface area (Å²) in [4.78, 5) is 11.9. The highest BCUT2D eigenvalue weighted by Gasteiger charge is 2.40. The first-order valence-corrected chi connectivity index (χ1v) is 7.80. The van der Waals surface area contributed by atoms with Crippen LogP contribution in [0.5, 0.6) is 5.75 Å². The van der Waals surface area contributed by atoms with E-state index in [2.05, 4.69) is 12.1 Å². The molecule has 108 valence electrons. The summed E-state index contributed by atoms with van der Waals surface area (Å²) >= 11 is 0. The van der Waals surface area contributed by atoms with Crippen molar-refractivity contribution in [2.45, 2.75) is 63.4 Å². The molecule has 20 heavy (non-hydrogen) atoms. The molecule has 0 aliphatic heterocycles. The van der Waals surface area contributed by atoms with Crippen molar-refractivity contribution < 1.29 is 9.53 Å². The van der Waals surface area contributed by atoms with Crippen LogP contribution < -0.4 is 10.5 Å². The minimum atomic E-state index is -0.777. The van der Waals surface area contributed by atoms with Crippen LogP contribution in [0.2, 0.25) is 0 Å². The number of fused-ring (bicyclic) bond motifs is 1. The first-order chi connectivity index (χ1) is 9.70. The molecule has 2 aliphatic rings. The molecule has 0 aromatic heterocycles. The molecule has 0 spiro atoms. The highest BCUT2D eigenvalue weighted by atomic mass is 16.5. The number of primary amides is 1. The third kappa shape index (κ3) is 2.54. The maximum atomic E-state index is 11.9. The van der Waals surface area contributed by atoms with E-state index in [9.17, 15) is 4.79 Å². The number of amides is 1. The molecule has 3 nitrogen and oxygen atoms in total. The van der Waals surface area contributed by atoms with Gasteiger partial charge in [-0.05, 0) is 74.6 Å². The number of ether oxygens (including phenoxy) is 1. The fraction of sp³-hybridized carbons (Fsp3) is 0.588. The van der Waals surface area contributed by atoms with Gasteiger partial charge in [0, 0.05) is 0 Å². The van der Waals surface area contributed by atoms with Crippen LogP contribution in [0.1, 0.15) is 56.1 Å². The van der Waals surface area contributed by atoms with Crippen LogP contribution in [0.4, 0.5) is 0 Å². The number of aryl methyl sites for hydroxylation is 2. The molecule has 1 saturated carbocycles. The zero-order valence-electron chi connectivity index (χ0n) is 12.0. The molecular weight excluding hydrogens is 250 g/mol. The molecule has 3 rings (SSSR count). The molecule has 0 atom stereocenters. The van der Waals surface area contributed by atoms with Gasteiger partial charge < -0.3 is 10.5 Å². The van der Waals surface area contributed by atoms with Gasteiger partial charge in [0.25, 0.3) is 5.91 Å². The highest BCUT2D eigenvalue weighted by molar-refractivity contribution is 5.84. The maximum absolute atomic E-state index is 11.9. The van der Waals surface area contributed by atoms with Gasteiger partial charge in [-0.15, -0.1) is 0 Å². The molecule has 2 N–H and O–H groups in total. The number of nitrogens with two attached hydrogens (primary N) is 1. The summed E-state index contributed by atoms with van der Waals surface area (Å²) in [6.45, 7) is 0. The maximum Gasteiger partial charge on any atom is 0.261 e. The van der Waals surface area contributed by atoms with Gasteiger partial charge in [-0.25, -0.2) is 0 Å². The van der Waals surface area contributed by atoms with Gasteiger partial charge in [-0.1, -0.05) is 12.5 Å². The fourth-order valence-electron chi connectivity index (χ4n) is 3.52. The quantitative estimate of drug-likeness (QED) is 0.920. The Bertz CT molecular complexity index is 504. The zero-order chi connectivity index (χ0) is 14.0. The smallest absolute Gasteiger partial charge is 0.261 e. The van der Waals surface area contributed by atoms with Gasteiger partial charge in [0.05, 0.1) is 0 Å². The van der Waals surface area contributed by atoms with Crippen LogP contribution in [0, 0.1) is 0 Å². The van der Waals surface area contributed by atoms with Crippen LogP contribution in [0.25, 0.3) is 0 Å². The third-order valence-corrected chi connectivity index (χ3v) is 4.74. The van der Waals surface area contributed by atoms with Crippen molar-refractivity contribution in [2.75, 3.05) is 0 Å². The first-order valence-electron chi connectivity index (χ1n) is 7.80. The number of carbonyl (C=O) groups excluding carboxylic acids is 1. The van der Waals surface area contributed by atoms with E-state index in [1.807, 2.05) is 6.07 Å². The topological polar surface area (TPSA) is 52.3 Å². The molecule has 3 heteroatoms. The molecule has 0 bridgehead atoms. The van der Waals surface area contributed by atoms with Crippen molar-refractivity contribution in [1.29, 1.82) is 0 Å². The molecule has 0 heterocycles. The van der Waals surface area contributed by atoms with Crippen molar-refractivity contribution in [3.8, 4) is 5.75 Å². The summed E-state index contributed by atoms with van der Waals surface area (Å²) in [6.07, 6.45) is 9.52. The Hall–Kier alpha value is -1.51. The largest absolute Gasteiger partial charge is 0.477 e. The fourth-order valence-corrected chi connectivity index (χ4v) is 3.52. The van der Waals surface area contributed by atoms with E-state index in [0.29, 0.717) is 0 Å². The lowest BCUT2D eigenvalue weighted by atomic mass is 9.84. The van der Waals surface area contributed by atoms with E-state index in [1.54, 1.807) is 0 Å². The average Bonchev–Trinajstić information content (AvgIpc) is 2.48. The number of carbonyl (C=O) groups is 1. The van der Waals surface area contributed by atoms with Crippen molar-refractivity contribution >= 4 is 5.91 Å². The Balaban J connectivity index is 1.83. The van der Waals surface area contributed by atoms with Crippen LogP contribution in [0.15, 0.2) is 18.2 Å². The van der Waals surface area contributed by atoms with E-state index < -0.39 is 5.60 Å². The zero-order valence-corrected chi connectivity index (χ0v) is 12.0. The highest BCUT2D eigenvalue weighted by Crippen LogP contribution is 2.34. The van der Waals surface area contributed by atoms with Crippen LogP contribution in [-0.2, 0) is 17.6 Å². The van der Waals surface area contributed by atoms with Crippen molar-refractivity contribution in [3.63, 3.8) is 0 Å². The minimum Gasteiger partial charge on any atom is -0.477 e. The Morgan fingerprint density at radius 3 is 2.40 bits per heavy atom. The number of hydrogen-bond donors (Lipinski definition) is 1. The van der Waals surface area contributed by atoms with Gasteiger partial charge >= 0.3 is 0 Å². The molecule has 2 aliphatic carbocycles. The molecular formula is C17H23NO2. The molecule has 0 radical (unpaired) electrons. The third-order valence-electron chi connectivity index (χ3n) is 4.74. The average molecular weight is 273 g/mol. The Labute approximate surface area is 120 Å². The molecule has 1 aromatic rings. The normalized spacial score (nSPS) is 21.0. The number of benzene rings is 1. The van der Waals surface area contributed by atoms with E-state index in [-0.39, 0.29) is 5.91 Å². The van der Waals surface area contributed by atoms with Crippen molar-refractivity contribution in [2.24, 2.45) is 5.73 Å². The van der Waals surface area contributed by atoms with Gasteiger partial charge in [-0.3, -0.25) is 4.79 Å². The Morgan fingerprint density at radius 1 is 1.00 bits per heavy atom. The summed E-state index contributed by atoms with van der Waals surface area (Å²) in [5.41, 5.74) is 7.66. The van der Waals surface area contributed by atoms with Gasteiger partial charge in [0.15, 0.2) is 5.60 Å². The second-order valence-electron chi connectivity index (χ2n) is 6.16. The predicted molar refractivity (Wildman–Crippen MR) is 78.7 cm³/mol. The SMILES string of the molecule is NC(=O)C1(Oc2ccc3c(c2)CCCC3)CCCCC1. The van der Waals surface area contributed by atoms with Crippen LogP contribution >= 0.6 is 0 Å². The second-order valence-corrected chi connectivity index (χ2v) is 6.16. The van der Waals surface area contributed by atoms with E-state index in [1.165, 1.54) is 30.4 Å². The molecule has 0 unspecified atom stereocenters. The Morgan fingerprint density at radius 2 is 1.70 bits per heavy atom. The number of rotatable bonds is 3. The molecule has 1 amide bonds. The molecule has 1 fully saturated rings. The van der Waals surface area contributed by atoms with E-state index in [0.717, 1.165) is 44.3 Å². The lowest BCUT2D eigenvalue weighted by Crippen LogP contribution is -2.50. The summed E-state index contributed by atoms with van der Waals surface area (Å²) in [5.74, 6) is 0.501.